The normalized spacial score (nSPS) is 48.0. The zero-order valence-corrected chi connectivity index (χ0v) is 6.29. The lowest BCUT2D eigenvalue weighted by Crippen LogP contribution is -2.39. The van der Waals surface area contributed by atoms with Crippen molar-refractivity contribution in [2.24, 2.45) is 11.7 Å². The van der Waals surface area contributed by atoms with Gasteiger partial charge in [-0.1, -0.05) is 0 Å². The molecule has 0 spiro atoms. The van der Waals surface area contributed by atoms with E-state index in [9.17, 15) is 0 Å². The summed E-state index contributed by atoms with van der Waals surface area (Å²) in [7, 11) is 2.09. The van der Waals surface area contributed by atoms with Crippen molar-refractivity contribution < 1.29 is 4.74 Å². The summed E-state index contributed by atoms with van der Waals surface area (Å²) in [6.45, 7) is 1.80. The van der Waals surface area contributed by atoms with E-state index >= 15 is 0 Å². The Hall–Kier alpha value is -0.120. The Morgan fingerprint density at radius 2 is 2.30 bits per heavy atom. The number of nitrogens with zero attached hydrogens (tertiary/aromatic N) is 1. The van der Waals surface area contributed by atoms with Gasteiger partial charge in [-0.3, -0.25) is 4.90 Å². The van der Waals surface area contributed by atoms with Crippen molar-refractivity contribution in [2.75, 3.05) is 20.3 Å². The largest absolute Gasteiger partial charge is 0.379 e. The van der Waals surface area contributed by atoms with Crippen molar-refractivity contribution >= 4 is 0 Å². The van der Waals surface area contributed by atoms with Crippen LogP contribution in [0.2, 0.25) is 0 Å². The molecule has 0 aromatic heterocycles. The molecule has 2 N–H and O–H groups in total. The van der Waals surface area contributed by atoms with Crippen LogP contribution in [0.4, 0.5) is 0 Å². The Bertz CT molecular complexity index is 138. The van der Waals surface area contributed by atoms with E-state index in [2.05, 4.69) is 11.9 Å². The smallest absolute Gasteiger partial charge is 0.0626 e. The SMILES string of the molecule is CN1C(N)CC2COCC21. The molecule has 0 aromatic carbocycles. The number of likely N-dealkylation sites (N-methyl/N-ethyl adjacent to an activating group) is 1. The van der Waals surface area contributed by atoms with Gasteiger partial charge in [0.25, 0.3) is 0 Å². The minimum Gasteiger partial charge on any atom is -0.379 e. The van der Waals surface area contributed by atoms with Gasteiger partial charge in [0.1, 0.15) is 0 Å². The fourth-order valence-corrected chi connectivity index (χ4v) is 1.98. The summed E-state index contributed by atoms with van der Waals surface area (Å²) < 4.78 is 5.33. The Labute approximate surface area is 61.1 Å². The molecule has 0 aromatic rings. The third-order valence-corrected chi connectivity index (χ3v) is 2.76. The summed E-state index contributed by atoms with van der Waals surface area (Å²) in [5.41, 5.74) is 5.84. The highest BCUT2D eigenvalue weighted by Crippen LogP contribution is 2.30. The molecule has 0 radical (unpaired) electrons. The topological polar surface area (TPSA) is 38.5 Å². The number of fused-ring (bicyclic) bond motifs is 1. The zero-order valence-electron chi connectivity index (χ0n) is 6.29. The van der Waals surface area contributed by atoms with Crippen LogP contribution in [0.3, 0.4) is 0 Å². The van der Waals surface area contributed by atoms with Crippen molar-refractivity contribution in [1.29, 1.82) is 0 Å². The lowest BCUT2D eigenvalue weighted by molar-refractivity contribution is 0.139. The minimum absolute atomic E-state index is 0.277. The van der Waals surface area contributed by atoms with E-state index in [1.807, 2.05) is 0 Å². The second-order valence-corrected chi connectivity index (χ2v) is 3.33. The third kappa shape index (κ3) is 0.779. The Kier molecular flexibility index (Phi) is 1.44. The summed E-state index contributed by atoms with van der Waals surface area (Å²) in [5, 5.41) is 0. The maximum Gasteiger partial charge on any atom is 0.0626 e. The van der Waals surface area contributed by atoms with Crippen LogP contribution in [-0.4, -0.2) is 37.4 Å². The van der Waals surface area contributed by atoms with E-state index in [4.69, 9.17) is 10.5 Å². The Balaban J connectivity index is 2.09. The summed E-state index contributed by atoms with van der Waals surface area (Å²) in [6.07, 6.45) is 1.39. The lowest BCUT2D eigenvalue weighted by atomic mass is 10.0. The monoisotopic (exact) mass is 142 g/mol. The van der Waals surface area contributed by atoms with Gasteiger partial charge in [-0.15, -0.1) is 0 Å². The highest BCUT2D eigenvalue weighted by Gasteiger charge is 2.40. The molecule has 0 amide bonds. The van der Waals surface area contributed by atoms with Crippen molar-refractivity contribution in [1.82, 2.24) is 4.90 Å². The molecule has 0 bridgehead atoms. The molecule has 10 heavy (non-hydrogen) atoms. The molecule has 3 heteroatoms. The number of likely N-dealkylation sites (tertiary alicyclic amines) is 1. The van der Waals surface area contributed by atoms with Crippen LogP contribution in [-0.2, 0) is 4.74 Å². The summed E-state index contributed by atoms with van der Waals surface area (Å²) in [5.74, 6) is 0.708. The van der Waals surface area contributed by atoms with E-state index in [0.29, 0.717) is 12.0 Å². The maximum atomic E-state index is 5.84. The summed E-state index contributed by atoms with van der Waals surface area (Å²) in [6, 6.07) is 0.606. The van der Waals surface area contributed by atoms with Gasteiger partial charge < -0.3 is 10.5 Å². The van der Waals surface area contributed by atoms with E-state index < -0.39 is 0 Å². The fourth-order valence-electron chi connectivity index (χ4n) is 1.98. The van der Waals surface area contributed by atoms with Crippen LogP contribution in [0, 0.1) is 5.92 Å². The van der Waals surface area contributed by atoms with Crippen LogP contribution in [0.15, 0.2) is 0 Å². The van der Waals surface area contributed by atoms with Crippen LogP contribution in [0.25, 0.3) is 0 Å². The minimum atomic E-state index is 0.277. The van der Waals surface area contributed by atoms with Crippen LogP contribution in [0.5, 0.6) is 0 Å². The first-order valence-electron chi connectivity index (χ1n) is 3.84. The van der Waals surface area contributed by atoms with Gasteiger partial charge in [0.15, 0.2) is 0 Å². The van der Waals surface area contributed by atoms with Crippen LogP contribution < -0.4 is 5.73 Å². The number of hydrogen-bond donors (Lipinski definition) is 1. The first-order chi connectivity index (χ1) is 4.79. The average molecular weight is 142 g/mol. The third-order valence-electron chi connectivity index (χ3n) is 2.76. The molecule has 3 nitrogen and oxygen atoms in total. The number of hydrogen-bond acceptors (Lipinski definition) is 3. The van der Waals surface area contributed by atoms with E-state index in [0.717, 1.165) is 19.6 Å². The summed E-state index contributed by atoms with van der Waals surface area (Å²) in [4.78, 5) is 2.23. The summed E-state index contributed by atoms with van der Waals surface area (Å²) >= 11 is 0. The van der Waals surface area contributed by atoms with Gasteiger partial charge in [-0.25, -0.2) is 0 Å². The standard InChI is InChI=1S/C7H14N2O/c1-9-6-4-10-3-5(6)2-7(9)8/h5-7H,2-4,8H2,1H3. The van der Waals surface area contributed by atoms with E-state index in [-0.39, 0.29) is 6.17 Å². The Morgan fingerprint density at radius 1 is 1.50 bits per heavy atom. The van der Waals surface area contributed by atoms with Gasteiger partial charge in [0.2, 0.25) is 0 Å². The molecule has 58 valence electrons. The molecule has 2 aliphatic heterocycles. The van der Waals surface area contributed by atoms with Gasteiger partial charge in [0, 0.05) is 12.0 Å². The van der Waals surface area contributed by atoms with Crippen LogP contribution in [0.1, 0.15) is 6.42 Å². The second kappa shape index (κ2) is 2.19. The first kappa shape index (κ1) is 6.58. The second-order valence-electron chi connectivity index (χ2n) is 3.33. The molecule has 2 saturated heterocycles. The molecule has 3 atom stereocenters. The predicted octanol–water partition coefficient (Wildman–Crippen LogP) is -0.378. The molecule has 3 unspecified atom stereocenters. The van der Waals surface area contributed by atoms with Crippen molar-refractivity contribution in [3.63, 3.8) is 0 Å². The van der Waals surface area contributed by atoms with Crippen LogP contribution >= 0.6 is 0 Å². The first-order valence-corrected chi connectivity index (χ1v) is 3.84. The van der Waals surface area contributed by atoms with E-state index in [1.165, 1.54) is 0 Å². The Morgan fingerprint density at radius 3 is 3.00 bits per heavy atom. The maximum absolute atomic E-state index is 5.84. The molecule has 2 aliphatic rings. The molecule has 2 fully saturated rings. The molecule has 0 aliphatic carbocycles. The van der Waals surface area contributed by atoms with Gasteiger partial charge in [0.05, 0.1) is 19.4 Å². The number of nitrogens with two attached hydrogens (primary N) is 1. The van der Waals surface area contributed by atoms with Gasteiger partial charge in [-0.05, 0) is 13.5 Å². The zero-order chi connectivity index (χ0) is 7.14. The molecule has 2 heterocycles. The van der Waals surface area contributed by atoms with Gasteiger partial charge in [-0.2, -0.15) is 0 Å². The average Bonchev–Trinajstić information content (AvgIpc) is 2.41. The number of rotatable bonds is 0. The molecule has 0 saturated carbocycles. The fraction of sp³-hybridized carbons (Fsp3) is 1.00. The van der Waals surface area contributed by atoms with Crippen molar-refractivity contribution in [2.45, 2.75) is 18.6 Å². The molecule has 2 rings (SSSR count). The molecular weight excluding hydrogens is 128 g/mol. The molecular formula is C7H14N2O. The highest BCUT2D eigenvalue weighted by atomic mass is 16.5. The van der Waals surface area contributed by atoms with E-state index in [1.54, 1.807) is 0 Å². The van der Waals surface area contributed by atoms with Crippen molar-refractivity contribution in [3.05, 3.63) is 0 Å². The predicted molar refractivity (Wildman–Crippen MR) is 38.5 cm³/mol. The number of ether oxygens (including phenoxy) is 1. The highest BCUT2D eigenvalue weighted by molar-refractivity contribution is 4.92. The van der Waals surface area contributed by atoms with Gasteiger partial charge >= 0.3 is 0 Å². The van der Waals surface area contributed by atoms with Crippen molar-refractivity contribution in [3.8, 4) is 0 Å². The lowest BCUT2D eigenvalue weighted by Gasteiger charge is -2.20. The quantitative estimate of drug-likeness (QED) is 0.501.